The van der Waals surface area contributed by atoms with Gasteiger partial charge >= 0.3 is 0 Å². The minimum atomic E-state index is -0.268. The van der Waals surface area contributed by atoms with Gasteiger partial charge in [-0.05, 0) is 54.6 Å². The van der Waals surface area contributed by atoms with Crippen molar-refractivity contribution in [2.24, 2.45) is 0 Å². The molecule has 32 heavy (non-hydrogen) atoms. The van der Waals surface area contributed by atoms with E-state index < -0.39 is 0 Å². The van der Waals surface area contributed by atoms with E-state index in [9.17, 15) is 14.7 Å². The van der Waals surface area contributed by atoms with Crippen LogP contribution < -0.4 is 10.6 Å². The highest BCUT2D eigenvalue weighted by Crippen LogP contribution is 2.39. The summed E-state index contributed by atoms with van der Waals surface area (Å²) in [6.45, 7) is 0.234. The van der Waals surface area contributed by atoms with E-state index in [0.29, 0.717) is 26.8 Å². The summed E-state index contributed by atoms with van der Waals surface area (Å²) < 4.78 is 0. The minimum absolute atomic E-state index is 0.185. The van der Waals surface area contributed by atoms with Crippen molar-refractivity contribution in [3.8, 4) is 16.3 Å². The molecule has 9 heteroatoms. The van der Waals surface area contributed by atoms with Gasteiger partial charge in [-0.25, -0.2) is 0 Å². The molecule has 0 radical (unpaired) electrons. The van der Waals surface area contributed by atoms with Gasteiger partial charge in [0.25, 0.3) is 11.8 Å². The van der Waals surface area contributed by atoms with Crippen LogP contribution >= 0.6 is 23.1 Å². The van der Waals surface area contributed by atoms with Gasteiger partial charge < -0.3 is 15.7 Å². The molecule has 4 aromatic rings. The average Bonchev–Trinajstić information content (AvgIpc) is 3.23. The van der Waals surface area contributed by atoms with Crippen molar-refractivity contribution in [3.63, 3.8) is 0 Å². The Morgan fingerprint density at radius 2 is 1.81 bits per heavy atom. The molecule has 3 N–H and O–H groups in total. The van der Waals surface area contributed by atoms with E-state index in [2.05, 4.69) is 20.8 Å². The number of hydrogen-bond donors (Lipinski definition) is 3. The smallest absolute Gasteiger partial charge is 0.256 e. The molecule has 1 aromatic heterocycles. The van der Waals surface area contributed by atoms with E-state index in [1.54, 1.807) is 42.5 Å². The number of hydrogen-bond acceptors (Lipinski definition) is 7. The summed E-state index contributed by atoms with van der Waals surface area (Å²) in [4.78, 5) is 27.0. The Morgan fingerprint density at radius 3 is 2.66 bits per heavy atom. The van der Waals surface area contributed by atoms with Crippen LogP contribution in [0.3, 0.4) is 0 Å². The molecule has 7 nitrogen and oxygen atoms in total. The number of nitrogens with one attached hydrogen (secondary N) is 2. The van der Waals surface area contributed by atoms with Crippen molar-refractivity contribution < 1.29 is 14.7 Å². The van der Waals surface area contributed by atoms with Gasteiger partial charge in [0.2, 0.25) is 0 Å². The quantitative estimate of drug-likeness (QED) is 0.413. The fraction of sp³-hybridized carbons (Fsp3) is 0.0435. The number of amides is 2. The molecule has 0 unspecified atom stereocenters. The Morgan fingerprint density at radius 1 is 1.00 bits per heavy atom. The zero-order valence-electron chi connectivity index (χ0n) is 16.5. The Bertz CT molecular complexity index is 1340. The maximum atomic E-state index is 12.7. The van der Waals surface area contributed by atoms with E-state index in [0.717, 1.165) is 15.4 Å². The number of anilines is 1. The highest BCUT2D eigenvalue weighted by Gasteiger charge is 2.20. The number of rotatable bonds is 4. The van der Waals surface area contributed by atoms with E-state index in [1.807, 2.05) is 24.3 Å². The van der Waals surface area contributed by atoms with Gasteiger partial charge in [-0.2, -0.15) is 0 Å². The van der Waals surface area contributed by atoms with Gasteiger partial charge in [0.05, 0.1) is 17.8 Å². The molecule has 1 aliphatic heterocycles. The van der Waals surface area contributed by atoms with Gasteiger partial charge in [0, 0.05) is 20.9 Å². The number of phenols is 1. The SMILES string of the molecule is O=C(NCc1nnc(-c2ccc(O)cc2)s1)c1ccc2c(c1)NC(=O)c1ccccc1S2. The fourth-order valence-electron chi connectivity index (χ4n) is 3.21. The fourth-order valence-corrected chi connectivity index (χ4v) is 5.01. The molecule has 0 fully saturated rings. The lowest BCUT2D eigenvalue weighted by atomic mass is 10.1. The number of benzene rings is 3. The van der Waals surface area contributed by atoms with Crippen LogP contribution in [0.25, 0.3) is 10.6 Å². The highest BCUT2D eigenvalue weighted by atomic mass is 32.2. The van der Waals surface area contributed by atoms with Gasteiger partial charge in [0.15, 0.2) is 0 Å². The number of phenolic OH excluding ortho intramolecular Hbond substituents is 1. The van der Waals surface area contributed by atoms with Crippen LogP contribution in [0.1, 0.15) is 25.7 Å². The second-order valence-corrected chi connectivity index (χ2v) is 9.14. The molecular formula is C23H16N4O3S2. The van der Waals surface area contributed by atoms with Crippen LogP contribution in [0.2, 0.25) is 0 Å². The van der Waals surface area contributed by atoms with Crippen molar-refractivity contribution in [2.75, 3.05) is 5.32 Å². The molecule has 2 amide bonds. The van der Waals surface area contributed by atoms with Crippen molar-refractivity contribution in [3.05, 3.63) is 82.9 Å². The molecule has 3 aromatic carbocycles. The zero-order chi connectivity index (χ0) is 22.1. The van der Waals surface area contributed by atoms with Crippen LogP contribution in [0.15, 0.2) is 76.5 Å². The Labute approximate surface area is 191 Å². The summed E-state index contributed by atoms with van der Waals surface area (Å²) in [6.07, 6.45) is 0. The lowest BCUT2D eigenvalue weighted by molar-refractivity contribution is 0.0949. The van der Waals surface area contributed by atoms with E-state index in [-0.39, 0.29) is 24.1 Å². The first-order chi connectivity index (χ1) is 15.6. The number of nitrogens with zero attached hydrogens (tertiary/aromatic N) is 2. The second-order valence-electron chi connectivity index (χ2n) is 6.99. The standard InChI is InChI=1S/C23H16N4O3S2/c28-15-8-5-13(6-9-15)23-27-26-20(32-23)12-24-21(29)14-7-10-19-17(11-14)25-22(30)16-3-1-2-4-18(16)31-19/h1-11,28H,12H2,(H,24,29)(H,25,30). The van der Waals surface area contributed by atoms with E-state index in [1.165, 1.54) is 23.1 Å². The second kappa shape index (κ2) is 8.45. The summed E-state index contributed by atoms with van der Waals surface area (Å²) in [5.74, 6) is -0.278. The molecule has 0 saturated carbocycles. The van der Waals surface area contributed by atoms with Crippen LogP contribution in [-0.2, 0) is 6.54 Å². The predicted octanol–water partition coefficient (Wildman–Crippen LogP) is 4.56. The maximum absolute atomic E-state index is 12.7. The maximum Gasteiger partial charge on any atom is 0.256 e. The molecule has 2 heterocycles. The third kappa shape index (κ3) is 4.08. The van der Waals surface area contributed by atoms with Crippen LogP contribution in [0.5, 0.6) is 5.75 Å². The molecule has 158 valence electrons. The lowest BCUT2D eigenvalue weighted by Gasteiger charge is -2.09. The molecule has 0 aliphatic carbocycles. The Kier molecular flexibility index (Phi) is 5.34. The molecule has 1 aliphatic rings. The summed E-state index contributed by atoms with van der Waals surface area (Å²) in [5, 5.41) is 24.8. The third-order valence-electron chi connectivity index (χ3n) is 4.82. The Balaban J connectivity index is 1.28. The number of fused-ring (bicyclic) bond motifs is 2. The van der Waals surface area contributed by atoms with Crippen LogP contribution in [0.4, 0.5) is 5.69 Å². The van der Waals surface area contributed by atoms with E-state index >= 15 is 0 Å². The molecule has 0 saturated heterocycles. The lowest BCUT2D eigenvalue weighted by Crippen LogP contribution is -2.23. The van der Waals surface area contributed by atoms with Crippen LogP contribution in [0, 0.1) is 0 Å². The van der Waals surface area contributed by atoms with E-state index in [4.69, 9.17) is 0 Å². The summed E-state index contributed by atoms with van der Waals surface area (Å²) in [6, 6.07) is 19.4. The normalized spacial score (nSPS) is 12.3. The average molecular weight is 461 g/mol. The van der Waals surface area contributed by atoms with Crippen molar-refractivity contribution in [1.82, 2.24) is 15.5 Å². The molecule has 0 bridgehead atoms. The predicted molar refractivity (Wildman–Crippen MR) is 123 cm³/mol. The third-order valence-corrected chi connectivity index (χ3v) is 6.95. The zero-order valence-corrected chi connectivity index (χ0v) is 18.2. The van der Waals surface area contributed by atoms with Crippen molar-refractivity contribution in [2.45, 2.75) is 16.3 Å². The number of aromatic nitrogens is 2. The summed E-state index contributed by atoms with van der Waals surface area (Å²) in [7, 11) is 0. The van der Waals surface area contributed by atoms with Crippen molar-refractivity contribution >= 4 is 40.6 Å². The first-order valence-electron chi connectivity index (χ1n) is 9.69. The van der Waals surface area contributed by atoms with Gasteiger partial charge in [-0.1, -0.05) is 35.2 Å². The van der Waals surface area contributed by atoms with Crippen molar-refractivity contribution in [1.29, 1.82) is 0 Å². The topological polar surface area (TPSA) is 104 Å². The van der Waals surface area contributed by atoms with Gasteiger partial charge in [0.1, 0.15) is 15.8 Å². The summed E-state index contributed by atoms with van der Waals surface area (Å²) >= 11 is 2.86. The first kappa shape index (κ1) is 20.2. The molecular weight excluding hydrogens is 444 g/mol. The monoisotopic (exact) mass is 460 g/mol. The number of aromatic hydroxyl groups is 1. The molecule has 0 atom stereocenters. The number of carbonyl (C=O) groups excluding carboxylic acids is 2. The largest absolute Gasteiger partial charge is 0.508 e. The molecule has 0 spiro atoms. The van der Waals surface area contributed by atoms with Gasteiger partial charge in [-0.15, -0.1) is 10.2 Å². The molecule has 5 rings (SSSR count). The van der Waals surface area contributed by atoms with Crippen LogP contribution in [-0.4, -0.2) is 27.1 Å². The van der Waals surface area contributed by atoms with Gasteiger partial charge in [-0.3, -0.25) is 9.59 Å². The first-order valence-corrected chi connectivity index (χ1v) is 11.3. The highest BCUT2D eigenvalue weighted by molar-refractivity contribution is 7.99. The minimum Gasteiger partial charge on any atom is -0.508 e. The Hall–Kier alpha value is -3.69. The number of carbonyl (C=O) groups is 2. The summed E-state index contributed by atoms with van der Waals surface area (Å²) in [5.41, 5.74) is 2.51.